The number of carbonyl (C=O) groups excluding carboxylic acids is 1. The van der Waals surface area contributed by atoms with Crippen molar-refractivity contribution in [3.8, 4) is 0 Å². The molecule has 1 aromatic carbocycles. The maximum atomic E-state index is 12.6. The highest BCUT2D eigenvalue weighted by Crippen LogP contribution is 2.25. The molecule has 0 spiro atoms. The SMILES string of the molecule is Cc1ccc(C(=O)N2CC(CBr)OC(C)(C)C2)cc1Br. The minimum atomic E-state index is -0.311. The maximum absolute atomic E-state index is 12.6. The van der Waals surface area contributed by atoms with Crippen LogP contribution in [-0.4, -0.2) is 40.9 Å². The van der Waals surface area contributed by atoms with Crippen molar-refractivity contribution in [3.05, 3.63) is 33.8 Å². The standard InChI is InChI=1S/C15H19Br2NO2/c1-10-4-5-11(6-13(10)17)14(19)18-8-12(7-16)20-15(2,3)9-18/h4-6,12H,7-9H2,1-3H3. The Labute approximate surface area is 136 Å². The van der Waals surface area contributed by atoms with Gasteiger partial charge in [-0.3, -0.25) is 4.79 Å². The molecular weight excluding hydrogens is 386 g/mol. The normalized spacial score (nSPS) is 21.9. The molecule has 1 amide bonds. The van der Waals surface area contributed by atoms with Crippen LogP contribution in [0, 0.1) is 6.92 Å². The second-order valence-corrected chi connectivity index (χ2v) is 7.31. The van der Waals surface area contributed by atoms with E-state index in [0.29, 0.717) is 18.7 Å². The fourth-order valence-corrected chi connectivity index (χ4v) is 3.15. The zero-order chi connectivity index (χ0) is 14.9. The second-order valence-electron chi connectivity index (χ2n) is 5.80. The zero-order valence-corrected chi connectivity index (χ0v) is 15.1. The summed E-state index contributed by atoms with van der Waals surface area (Å²) in [6.07, 6.45) is 0.0385. The average molecular weight is 405 g/mol. The van der Waals surface area contributed by atoms with E-state index in [1.54, 1.807) is 0 Å². The first-order valence-corrected chi connectivity index (χ1v) is 8.53. The quantitative estimate of drug-likeness (QED) is 0.702. The monoisotopic (exact) mass is 403 g/mol. The van der Waals surface area contributed by atoms with Gasteiger partial charge in [-0.25, -0.2) is 0 Å². The van der Waals surface area contributed by atoms with Crippen LogP contribution in [-0.2, 0) is 4.74 Å². The molecule has 3 nitrogen and oxygen atoms in total. The van der Waals surface area contributed by atoms with E-state index in [4.69, 9.17) is 4.74 Å². The molecule has 1 saturated heterocycles. The molecule has 1 aliphatic rings. The van der Waals surface area contributed by atoms with Crippen LogP contribution in [0.3, 0.4) is 0 Å². The molecule has 110 valence electrons. The summed E-state index contributed by atoms with van der Waals surface area (Å²) in [5.41, 5.74) is 1.53. The summed E-state index contributed by atoms with van der Waals surface area (Å²) in [5.74, 6) is 0.0630. The predicted octanol–water partition coefficient (Wildman–Crippen LogP) is 3.77. The molecule has 1 unspecified atom stereocenters. The lowest BCUT2D eigenvalue weighted by Crippen LogP contribution is -2.55. The Kier molecular flexibility index (Phi) is 4.92. The van der Waals surface area contributed by atoms with Crippen molar-refractivity contribution in [1.82, 2.24) is 4.90 Å². The van der Waals surface area contributed by atoms with E-state index >= 15 is 0 Å². The third-order valence-electron chi connectivity index (χ3n) is 3.36. The summed E-state index contributed by atoms with van der Waals surface area (Å²) in [4.78, 5) is 14.5. The van der Waals surface area contributed by atoms with Crippen molar-refractivity contribution >= 4 is 37.8 Å². The van der Waals surface area contributed by atoms with Crippen LogP contribution in [0.2, 0.25) is 0 Å². The lowest BCUT2D eigenvalue weighted by Gasteiger charge is -2.42. The molecule has 1 atom stereocenters. The summed E-state index contributed by atoms with van der Waals surface area (Å²) in [6, 6.07) is 5.74. The van der Waals surface area contributed by atoms with Crippen LogP contribution in [0.25, 0.3) is 0 Å². The fraction of sp³-hybridized carbons (Fsp3) is 0.533. The van der Waals surface area contributed by atoms with Gasteiger partial charge >= 0.3 is 0 Å². The number of alkyl halides is 1. The van der Waals surface area contributed by atoms with Crippen molar-refractivity contribution in [2.45, 2.75) is 32.5 Å². The summed E-state index contributed by atoms with van der Waals surface area (Å²) in [6.45, 7) is 7.29. The first-order chi connectivity index (χ1) is 9.32. The molecule has 5 heteroatoms. The highest BCUT2D eigenvalue weighted by atomic mass is 79.9. The van der Waals surface area contributed by atoms with Gasteiger partial charge in [-0.1, -0.05) is 37.9 Å². The van der Waals surface area contributed by atoms with Crippen molar-refractivity contribution < 1.29 is 9.53 Å². The Morgan fingerprint density at radius 1 is 1.50 bits per heavy atom. The van der Waals surface area contributed by atoms with E-state index in [1.165, 1.54) is 0 Å². The molecule has 0 radical (unpaired) electrons. The number of rotatable bonds is 2. The Morgan fingerprint density at radius 3 is 2.80 bits per heavy atom. The van der Waals surface area contributed by atoms with E-state index in [0.717, 1.165) is 15.4 Å². The summed E-state index contributed by atoms with van der Waals surface area (Å²) < 4.78 is 6.90. The van der Waals surface area contributed by atoms with Gasteiger partial charge in [0.1, 0.15) is 0 Å². The summed E-state index contributed by atoms with van der Waals surface area (Å²) in [5, 5.41) is 0.734. The largest absolute Gasteiger partial charge is 0.368 e. The number of hydrogen-bond acceptors (Lipinski definition) is 2. The van der Waals surface area contributed by atoms with Gasteiger partial charge in [0.05, 0.1) is 11.7 Å². The zero-order valence-electron chi connectivity index (χ0n) is 12.0. The molecular formula is C15H19Br2NO2. The van der Waals surface area contributed by atoms with Crippen molar-refractivity contribution in [1.29, 1.82) is 0 Å². The van der Waals surface area contributed by atoms with Gasteiger partial charge in [0, 0.05) is 28.5 Å². The summed E-state index contributed by atoms with van der Waals surface area (Å²) in [7, 11) is 0. The number of carbonyl (C=O) groups is 1. The molecule has 0 saturated carbocycles. The minimum absolute atomic E-state index is 0.0385. The molecule has 1 heterocycles. The lowest BCUT2D eigenvalue weighted by molar-refractivity contribution is -0.116. The molecule has 1 aromatic rings. The lowest BCUT2D eigenvalue weighted by atomic mass is 10.0. The average Bonchev–Trinajstić information content (AvgIpc) is 2.39. The molecule has 0 bridgehead atoms. The Bertz CT molecular complexity index is 517. The van der Waals surface area contributed by atoms with E-state index in [2.05, 4.69) is 31.9 Å². The van der Waals surface area contributed by atoms with Gasteiger partial charge in [0.15, 0.2) is 0 Å². The van der Waals surface area contributed by atoms with Crippen molar-refractivity contribution in [2.75, 3.05) is 18.4 Å². The molecule has 1 aliphatic heterocycles. The van der Waals surface area contributed by atoms with E-state index in [1.807, 2.05) is 43.9 Å². The number of ether oxygens (including phenoxy) is 1. The molecule has 20 heavy (non-hydrogen) atoms. The van der Waals surface area contributed by atoms with Crippen molar-refractivity contribution in [3.63, 3.8) is 0 Å². The van der Waals surface area contributed by atoms with Gasteiger partial charge in [-0.15, -0.1) is 0 Å². The van der Waals surface area contributed by atoms with Gasteiger partial charge in [0.2, 0.25) is 0 Å². The van der Waals surface area contributed by atoms with Crippen LogP contribution in [0.1, 0.15) is 29.8 Å². The second kappa shape index (κ2) is 6.16. The van der Waals surface area contributed by atoms with Gasteiger partial charge in [-0.05, 0) is 38.5 Å². The summed E-state index contributed by atoms with van der Waals surface area (Å²) >= 11 is 6.93. The highest BCUT2D eigenvalue weighted by molar-refractivity contribution is 9.10. The minimum Gasteiger partial charge on any atom is -0.368 e. The fourth-order valence-electron chi connectivity index (χ4n) is 2.44. The van der Waals surface area contributed by atoms with Crippen LogP contribution in [0.15, 0.2) is 22.7 Å². The predicted molar refractivity (Wildman–Crippen MR) is 87.5 cm³/mol. The van der Waals surface area contributed by atoms with Gasteiger partial charge in [0.25, 0.3) is 5.91 Å². The highest BCUT2D eigenvalue weighted by Gasteiger charge is 2.35. The smallest absolute Gasteiger partial charge is 0.254 e. The topological polar surface area (TPSA) is 29.5 Å². The van der Waals surface area contributed by atoms with Crippen LogP contribution in [0.5, 0.6) is 0 Å². The third-order valence-corrected chi connectivity index (χ3v) is 4.94. The van der Waals surface area contributed by atoms with Crippen LogP contribution in [0.4, 0.5) is 0 Å². The first-order valence-electron chi connectivity index (χ1n) is 6.61. The number of amides is 1. The number of aryl methyl sites for hydroxylation is 1. The number of halogens is 2. The molecule has 0 N–H and O–H groups in total. The molecule has 2 rings (SSSR count). The van der Waals surface area contributed by atoms with Gasteiger partial charge in [-0.2, -0.15) is 0 Å². The number of benzene rings is 1. The van der Waals surface area contributed by atoms with Crippen LogP contribution >= 0.6 is 31.9 Å². The van der Waals surface area contributed by atoms with Crippen LogP contribution < -0.4 is 0 Å². The number of nitrogens with zero attached hydrogens (tertiary/aromatic N) is 1. The van der Waals surface area contributed by atoms with Gasteiger partial charge < -0.3 is 9.64 Å². The number of morpholine rings is 1. The Balaban J connectivity index is 2.21. The first kappa shape index (κ1) is 16.0. The molecule has 0 aliphatic carbocycles. The molecule has 0 aromatic heterocycles. The van der Waals surface area contributed by atoms with E-state index < -0.39 is 0 Å². The molecule has 1 fully saturated rings. The number of hydrogen-bond donors (Lipinski definition) is 0. The van der Waals surface area contributed by atoms with E-state index in [9.17, 15) is 4.79 Å². The third kappa shape index (κ3) is 3.62. The maximum Gasteiger partial charge on any atom is 0.254 e. The van der Waals surface area contributed by atoms with Crippen molar-refractivity contribution in [2.24, 2.45) is 0 Å². The Morgan fingerprint density at radius 2 is 2.20 bits per heavy atom. The van der Waals surface area contributed by atoms with E-state index in [-0.39, 0.29) is 17.6 Å². The Hall–Kier alpha value is -0.390.